The molecule has 5 heteroatoms. The number of hydrogen-bond donors (Lipinski definition) is 2. The molecule has 0 radical (unpaired) electrons. The van der Waals surface area contributed by atoms with E-state index in [0.29, 0.717) is 18.7 Å². The van der Waals surface area contributed by atoms with Gasteiger partial charge in [0.1, 0.15) is 0 Å². The number of nitrogens with one attached hydrogen (secondary N) is 2. The molecule has 90 valence electrons. The lowest BCUT2D eigenvalue weighted by atomic mass is 10.1. The molecular weight excluding hydrogens is 206 g/mol. The van der Waals surface area contributed by atoms with Crippen LogP contribution in [0.1, 0.15) is 26.3 Å². The van der Waals surface area contributed by atoms with Crippen LogP contribution in [0.25, 0.3) is 0 Å². The quantitative estimate of drug-likeness (QED) is 0.774. The van der Waals surface area contributed by atoms with E-state index in [1.54, 1.807) is 13.1 Å². The first-order valence-corrected chi connectivity index (χ1v) is 5.35. The summed E-state index contributed by atoms with van der Waals surface area (Å²) in [5.41, 5.74) is -0.0902. The fourth-order valence-electron chi connectivity index (χ4n) is 1.34. The van der Waals surface area contributed by atoms with E-state index >= 15 is 0 Å². The number of aryl methyl sites for hydroxylation is 1. The molecule has 0 atom stereocenters. The smallest absolute Gasteiger partial charge is 0.310 e. The second kappa shape index (κ2) is 4.65. The number of aromatic nitrogens is 2. The van der Waals surface area contributed by atoms with Crippen molar-refractivity contribution >= 4 is 0 Å². The molecular formula is C11H19N3O2. The number of aromatic amines is 1. The fraction of sp³-hybridized carbons (Fsp3) is 0.636. The van der Waals surface area contributed by atoms with E-state index in [4.69, 9.17) is 0 Å². The monoisotopic (exact) mass is 225 g/mol. The fourth-order valence-corrected chi connectivity index (χ4v) is 1.34. The number of rotatable bonds is 3. The second-order valence-electron chi connectivity index (χ2n) is 4.94. The van der Waals surface area contributed by atoms with Gasteiger partial charge in [0.2, 0.25) is 0 Å². The third kappa shape index (κ3) is 3.66. The topological polar surface area (TPSA) is 66.9 Å². The van der Waals surface area contributed by atoms with Gasteiger partial charge in [-0.05, 0) is 27.7 Å². The zero-order valence-electron chi connectivity index (χ0n) is 10.3. The standard InChI is InChI=1S/C11H19N3O2/c1-8-7-14(10(16)13-9(8)15)6-5-12-11(2,3)4/h7,12H,5-6H2,1-4H3,(H,13,15,16). The van der Waals surface area contributed by atoms with Gasteiger partial charge in [-0.15, -0.1) is 0 Å². The highest BCUT2D eigenvalue weighted by Gasteiger charge is 2.08. The number of hydrogen-bond acceptors (Lipinski definition) is 3. The van der Waals surface area contributed by atoms with Crippen molar-refractivity contribution in [3.63, 3.8) is 0 Å². The van der Waals surface area contributed by atoms with Crippen LogP contribution in [-0.2, 0) is 6.54 Å². The van der Waals surface area contributed by atoms with Crippen LogP contribution in [0.3, 0.4) is 0 Å². The Balaban J connectivity index is 2.72. The lowest BCUT2D eigenvalue weighted by molar-refractivity contribution is 0.409. The van der Waals surface area contributed by atoms with E-state index in [2.05, 4.69) is 31.1 Å². The van der Waals surface area contributed by atoms with Crippen LogP contribution < -0.4 is 16.6 Å². The third-order valence-electron chi connectivity index (χ3n) is 2.20. The minimum atomic E-state index is -0.355. The summed E-state index contributed by atoms with van der Waals surface area (Å²) in [7, 11) is 0. The predicted octanol–water partition coefficient (Wildman–Crippen LogP) is 0.233. The van der Waals surface area contributed by atoms with Crippen molar-refractivity contribution in [3.8, 4) is 0 Å². The van der Waals surface area contributed by atoms with Gasteiger partial charge in [-0.2, -0.15) is 0 Å². The maximum absolute atomic E-state index is 11.4. The molecule has 0 aliphatic heterocycles. The van der Waals surface area contributed by atoms with Crippen molar-refractivity contribution in [2.75, 3.05) is 6.54 Å². The zero-order chi connectivity index (χ0) is 12.3. The van der Waals surface area contributed by atoms with Gasteiger partial charge in [-0.1, -0.05) is 0 Å². The summed E-state index contributed by atoms with van der Waals surface area (Å²) in [5.74, 6) is 0. The van der Waals surface area contributed by atoms with Crippen molar-refractivity contribution in [2.24, 2.45) is 0 Å². The normalized spacial score (nSPS) is 11.8. The van der Waals surface area contributed by atoms with Crippen molar-refractivity contribution in [3.05, 3.63) is 32.6 Å². The van der Waals surface area contributed by atoms with Gasteiger partial charge < -0.3 is 5.32 Å². The number of H-pyrrole nitrogens is 1. The van der Waals surface area contributed by atoms with E-state index < -0.39 is 0 Å². The van der Waals surface area contributed by atoms with E-state index in [1.807, 2.05) is 0 Å². The Morgan fingerprint density at radius 2 is 2.00 bits per heavy atom. The van der Waals surface area contributed by atoms with Crippen LogP contribution in [0, 0.1) is 6.92 Å². The maximum atomic E-state index is 11.4. The summed E-state index contributed by atoms with van der Waals surface area (Å²) >= 11 is 0. The lowest BCUT2D eigenvalue weighted by Crippen LogP contribution is -2.40. The molecule has 0 aliphatic rings. The average Bonchev–Trinajstić information content (AvgIpc) is 2.11. The van der Waals surface area contributed by atoms with Gasteiger partial charge in [-0.25, -0.2) is 4.79 Å². The highest BCUT2D eigenvalue weighted by atomic mass is 16.2. The minimum Gasteiger partial charge on any atom is -0.310 e. The Morgan fingerprint density at radius 3 is 2.56 bits per heavy atom. The summed E-state index contributed by atoms with van der Waals surface area (Å²) in [6, 6.07) is 0. The minimum absolute atomic E-state index is 0.0286. The Kier molecular flexibility index (Phi) is 3.70. The van der Waals surface area contributed by atoms with Crippen LogP contribution in [0.5, 0.6) is 0 Å². The molecule has 0 aliphatic carbocycles. The molecule has 0 saturated heterocycles. The molecule has 0 bridgehead atoms. The van der Waals surface area contributed by atoms with Crippen molar-refractivity contribution < 1.29 is 0 Å². The predicted molar refractivity (Wildman–Crippen MR) is 63.8 cm³/mol. The SMILES string of the molecule is Cc1cn(CCNC(C)(C)C)c(=O)[nH]c1=O. The van der Waals surface area contributed by atoms with E-state index in [9.17, 15) is 9.59 Å². The molecule has 0 aromatic carbocycles. The average molecular weight is 225 g/mol. The van der Waals surface area contributed by atoms with Gasteiger partial charge >= 0.3 is 5.69 Å². The molecule has 1 aromatic rings. The molecule has 1 rings (SSSR count). The molecule has 5 nitrogen and oxygen atoms in total. The molecule has 1 heterocycles. The van der Waals surface area contributed by atoms with Crippen LogP contribution in [0.15, 0.2) is 15.8 Å². The first-order chi connectivity index (χ1) is 7.29. The van der Waals surface area contributed by atoms with E-state index in [1.165, 1.54) is 4.57 Å². The Bertz CT molecular complexity index is 465. The van der Waals surface area contributed by atoms with Crippen molar-refractivity contribution in [1.82, 2.24) is 14.9 Å². The molecule has 1 aromatic heterocycles. The van der Waals surface area contributed by atoms with E-state index in [0.717, 1.165) is 0 Å². The van der Waals surface area contributed by atoms with Gasteiger partial charge in [0.25, 0.3) is 5.56 Å². The molecule has 0 saturated carbocycles. The van der Waals surface area contributed by atoms with Crippen LogP contribution in [0.2, 0.25) is 0 Å². The Labute approximate surface area is 94.5 Å². The molecule has 0 spiro atoms. The van der Waals surface area contributed by atoms with Crippen LogP contribution in [0.4, 0.5) is 0 Å². The maximum Gasteiger partial charge on any atom is 0.328 e. The van der Waals surface area contributed by atoms with E-state index in [-0.39, 0.29) is 16.8 Å². The van der Waals surface area contributed by atoms with Gasteiger partial charge in [-0.3, -0.25) is 14.3 Å². The molecule has 16 heavy (non-hydrogen) atoms. The molecule has 0 amide bonds. The van der Waals surface area contributed by atoms with Crippen molar-refractivity contribution in [1.29, 1.82) is 0 Å². The molecule has 2 N–H and O–H groups in total. The van der Waals surface area contributed by atoms with Gasteiger partial charge in [0.05, 0.1) is 0 Å². The molecule has 0 unspecified atom stereocenters. The summed E-state index contributed by atoms with van der Waals surface area (Å²) in [5, 5.41) is 3.28. The first-order valence-electron chi connectivity index (χ1n) is 5.35. The van der Waals surface area contributed by atoms with Crippen LogP contribution in [-0.4, -0.2) is 21.6 Å². The highest BCUT2D eigenvalue weighted by molar-refractivity contribution is 5.00. The number of nitrogens with zero attached hydrogens (tertiary/aromatic N) is 1. The highest BCUT2D eigenvalue weighted by Crippen LogP contribution is 1.97. The first kappa shape index (κ1) is 12.7. The molecule has 0 fully saturated rings. The summed E-state index contributed by atoms with van der Waals surface area (Å²) < 4.78 is 1.51. The second-order valence-corrected chi connectivity index (χ2v) is 4.94. The largest absolute Gasteiger partial charge is 0.328 e. The Hall–Kier alpha value is -1.36. The van der Waals surface area contributed by atoms with Crippen LogP contribution >= 0.6 is 0 Å². The van der Waals surface area contributed by atoms with Gasteiger partial charge in [0, 0.05) is 30.4 Å². The van der Waals surface area contributed by atoms with Crippen molar-refractivity contribution in [2.45, 2.75) is 39.8 Å². The zero-order valence-corrected chi connectivity index (χ0v) is 10.3. The van der Waals surface area contributed by atoms with Gasteiger partial charge in [0.15, 0.2) is 0 Å². The summed E-state index contributed by atoms with van der Waals surface area (Å²) in [4.78, 5) is 24.8. The third-order valence-corrected chi connectivity index (χ3v) is 2.20. The summed E-state index contributed by atoms with van der Waals surface area (Å²) in [6.07, 6.45) is 1.59. The lowest BCUT2D eigenvalue weighted by Gasteiger charge is -2.20. The summed E-state index contributed by atoms with van der Waals surface area (Å²) in [6.45, 7) is 9.12. The Morgan fingerprint density at radius 1 is 1.38 bits per heavy atom.